The van der Waals surface area contributed by atoms with Crippen LogP contribution in [0.5, 0.6) is 0 Å². The molecule has 0 atom stereocenters. The Morgan fingerprint density at radius 1 is 1.00 bits per heavy atom. The first kappa shape index (κ1) is 25.6. The Balaban J connectivity index is 1.80. The molecule has 0 radical (unpaired) electrons. The summed E-state index contributed by atoms with van der Waals surface area (Å²) in [6, 6.07) is 12.9. The van der Waals surface area contributed by atoms with Crippen LogP contribution in [0.4, 0.5) is 28.4 Å². The molecule has 0 spiro atoms. The minimum Gasteiger partial charge on any atom is -0.463 e. The molecular weight excluding hydrogens is 526 g/mol. The monoisotopic (exact) mass is 545 g/mol. The molecule has 0 unspecified atom stereocenters. The molecule has 1 N–H and O–H groups in total. The van der Waals surface area contributed by atoms with Gasteiger partial charge in [-0.1, -0.05) is 24.3 Å². The summed E-state index contributed by atoms with van der Waals surface area (Å²) in [5.41, 5.74) is 0.191. The number of nitrogens with zero attached hydrogens (tertiary/aromatic N) is 4. The minimum absolute atomic E-state index is 0.0819. The third kappa shape index (κ3) is 6.77. The zero-order valence-corrected chi connectivity index (χ0v) is 20.1. The van der Waals surface area contributed by atoms with Crippen LogP contribution < -0.4 is 5.32 Å². The van der Waals surface area contributed by atoms with Crippen LogP contribution in [0.1, 0.15) is 6.92 Å². The van der Waals surface area contributed by atoms with Gasteiger partial charge in [0.15, 0.2) is 5.69 Å². The Labute approximate surface area is 207 Å². The van der Waals surface area contributed by atoms with Crippen LogP contribution >= 0.6 is 15.9 Å². The molecule has 0 heterocycles. The van der Waals surface area contributed by atoms with E-state index in [9.17, 15) is 25.0 Å². The third-order valence-corrected chi connectivity index (χ3v) is 5.29. The predicted octanol–water partition coefficient (Wildman–Crippen LogP) is 5.83. The fraction of sp³-hybridized carbons (Fsp3) is 0.227. The Bertz CT molecular complexity index is 1300. The van der Waals surface area contributed by atoms with E-state index in [-0.39, 0.29) is 22.7 Å². The first-order valence-corrected chi connectivity index (χ1v) is 11.1. The Kier molecular flexibility index (Phi) is 8.75. The summed E-state index contributed by atoms with van der Waals surface area (Å²) >= 11 is 3.12. The summed E-state index contributed by atoms with van der Waals surface area (Å²) < 4.78 is 10.3. The lowest BCUT2D eigenvalue weighted by atomic mass is 10.1. The number of hydrogen-bond acceptors (Lipinski definition) is 10. The molecule has 0 aliphatic heterocycles. The van der Waals surface area contributed by atoms with Crippen molar-refractivity contribution in [1.29, 1.82) is 0 Å². The van der Waals surface area contributed by atoms with Crippen molar-refractivity contribution < 1.29 is 24.1 Å². The molecule has 3 aromatic rings. The molecule has 13 heteroatoms. The van der Waals surface area contributed by atoms with E-state index in [1.165, 1.54) is 6.92 Å². The molecule has 3 rings (SSSR count). The van der Waals surface area contributed by atoms with Gasteiger partial charge < -0.3 is 14.8 Å². The molecule has 182 valence electrons. The van der Waals surface area contributed by atoms with Gasteiger partial charge in [0.2, 0.25) is 0 Å². The molecule has 3 aromatic carbocycles. The van der Waals surface area contributed by atoms with Gasteiger partial charge >= 0.3 is 11.7 Å². The highest BCUT2D eigenvalue weighted by Crippen LogP contribution is 2.40. The molecular formula is C22H20BrN5O7. The molecule has 0 amide bonds. The number of anilines is 1. The van der Waals surface area contributed by atoms with Gasteiger partial charge in [-0.05, 0) is 28.1 Å². The van der Waals surface area contributed by atoms with E-state index >= 15 is 0 Å². The summed E-state index contributed by atoms with van der Waals surface area (Å²) in [5, 5.41) is 35.6. The van der Waals surface area contributed by atoms with Crippen molar-refractivity contribution in [2.75, 3.05) is 31.7 Å². The van der Waals surface area contributed by atoms with E-state index in [0.717, 1.165) is 28.6 Å². The van der Waals surface area contributed by atoms with E-state index in [4.69, 9.17) is 9.47 Å². The quantitative estimate of drug-likeness (QED) is 0.103. The fourth-order valence-electron chi connectivity index (χ4n) is 3.15. The van der Waals surface area contributed by atoms with E-state index in [1.54, 1.807) is 12.1 Å². The molecule has 35 heavy (non-hydrogen) atoms. The number of fused-ring (bicyclic) bond motifs is 1. The van der Waals surface area contributed by atoms with Gasteiger partial charge in [-0.25, -0.2) is 0 Å². The molecule has 0 aromatic heterocycles. The average Bonchev–Trinajstić information content (AvgIpc) is 2.82. The van der Waals surface area contributed by atoms with Crippen molar-refractivity contribution in [1.82, 2.24) is 0 Å². The van der Waals surface area contributed by atoms with Crippen molar-refractivity contribution >= 4 is 61.1 Å². The van der Waals surface area contributed by atoms with Gasteiger partial charge in [0.25, 0.3) is 5.69 Å². The maximum Gasteiger partial charge on any atom is 0.304 e. The first-order chi connectivity index (χ1) is 16.8. The molecule has 0 aliphatic rings. The number of nitro benzene ring substituents is 2. The lowest BCUT2D eigenvalue weighted by Gasteiger charge is -2.11. The normalized spacial score (nSPS) is 11.0. The number of hydrogen-bond donors (Lipinski definition) is 1. The highest BCUT2D eigenvalue weighted by Gasteiger charge is 2.23. The van der Waals surface area contributed by atoms with E-state index in [2.05, 4.69) is 31.5 Å². The number of non-ortho nitro benzene ring substituents is 1. The maximum atomic E-state index is 11.5. The van der Waals surface area contributed by atoms with Crippen LogP contribution in [0, 0.1) is 20.2 Å². The fourth-order valence-corrected chi connectivity index (χ4v) is 3.66. The van der Waals surface area contributed by atoms with Crippen molar-refractivity contribution in [3.63, 3.8) is 0 Å². The van der Waals surface area contributed by atoms with Crippen molar-refractivity contribution in [3.05, 3.63) is 73.2 Å². The molecule has 0 fully saturated rings. The highest BCUT2D eigenvalue weighted by atomic mass is 79.9. The number of nitro groups is 2. The zero-order chi connectivity index (χ0) is 25.4. The number of ether oxygens (including phenoxy) is 2. The standard InChI is InChI=1S/C22H20BrN5O7/c1-14(29)35-11-10-34-9-8-24-19-6-7-20(17-5-3-2-4-16(17)19)25-26-22-18(23)12-15(27(30)31)13-21(22)28(32)33/h2-7,12-13,24H,8-11H2,1H3. The largest absolute Gasteiger partial charge is 0.463 e. The molecule has 0 bridgehead atoms. The Morgan fingerprint density at radius 2 is 1.74 bits per heavy atom. The van der Waals surface area contributed by atoms with Crippen LogP contribution in [0.25, 0.3) is 10.8 Å². The van der Waals surface area contributed by atoms with Gasteiger partial charge in [-0.2, -0.15) is 0 Å². The van der Waals surface area contributed by atoms with Crippen LogP contribution in [0.3, 0.4) is 0 Å². The van der Waals surface area contributed by atoms with Crippen LogP contribution in [0.2, 0.25) is 0 Å². The smallest absolute Gasteiger partial charge is 0.304 e. The lowest BCUT2D eigenvalue weighted by molar-refractivity contribution is -0.393. The lowest BCUT2D eigenvalue weighted by Crippen LogP contribution is -2.13. The summed E-state index contributed by atoms with van der Waals surface area (Å²) in [5.74, 6) is -0.356. The molecule has 0 aliphatic carbocycles. The van der Waals surface area contributed by atoms with Gasteiger partial charge in [-0.15, -0.1) is 10.2 Å². The number of esters is 1. The van der Waals surface area contributed by atoms with Gasteiger partial charge in [0, 0.05) is 36.0 Å². The van der Waals surface area contributed by atoms with Gasteiger partial charge in [0.05, 0.1) is 39.3 Å². The maximum absolute atomic E-state index is 11.5. The molecule has 0 saturated heterocycles. The highest BCUT2D eigenvalue weighted by molar-refractivity contribution is 9.10. The predicted molar refractivity (Wildman–Crippen MR) is 132 cm³/mol. The molecule has 12 nitrogen and oxygen atoms in total. The number of azo groups is 1. The first-order valence-electron chi connectivity index (χ1n) is 10.3. The van der Waals surface area contributed by atoms with Crippen molar-refractivity contribution in [2.24, 2.45) is 10.2 Å². The summed E-state index contributed by atoms with van der Waals surface area (Å²) in [6.45, 7) is 2.73. The number of halogens is 1. The molecule has 0 saturated carbocycles. The summed E-state index contributed by atoms with van der Waals surface area (Å²) in [6.07, 6.45) is 0. The van der Waals surface area contributed by atoms with Gasteiger partial charge in [-0.3, -0.25) is 25.0 Å². The average molecular weight is 546 g/mol. The van der Waals surface area contributed by atoms with E-state index in [0.29, 0.717) is 25.4 Å². The number of nitrogens with one attached hydrogen (secondary N) is 1. The Hall–Kier alpha value is -3.97. The number of rotatable bonds is 11. The van der Waals surface area contributed by atoms with E-state index < -0.39 is 21.2 Å². The second kappa shape index (κ2) is 11.9. The summed E-state index contributed by atoms with van der Waals surface area (Å²) in [7, 11) is 0. The van der Waals surface area contributed by atoms with Crippen LogP contribution in [-0.4, -0.2) is 42.2 Å². The third-order valence-electron chi connectivity index (χ3n) is 4.69. The van der Waals surface area contributed by atoms with Crippen LogP contribution in [0.15, 0.2) is 63.2 Å². The van der Waals surface area contributed by atoms with E-state index in [1.807, 2.05) is 24.3 Å². The van der Waals surface area contributed by atoms with Crippen LogP contribution in [-0.2, 0) is 14.3 Å². The SMILES string of the molecule is CC(=O)OCCOCCNc1ccc(N=Nc2c(Br)cc([N+](=O)[O-])cc2[N+](=O)[O-])c2ccccc12. The Morgan fingerprint density at radius 3 is 2.43 bits per heavy atom. The topological polar surface area (TPSA) is 159 Å². The van der Waals surface area contributed by atoms with Crippen molar-refractivity contribution in [3.8, 4) is 0 Å². The zero-order valence-electron chi connectivity index (χ0n) is 18.5. The van der Waals surface area contributed by atoms with Gasteiger partial charge in [0.1, 0.15) is 6.61 Å². The number of carbonyl (C=O) groups is 1. The number of carbonyl (C=O) groups excluding carboxylic acids is 1. The second-order valence-corrected chi connectivity index (χ2v) is 7.92. The number of benzene rings is 3. The second-order valence-electron chi connectivity index (χ2n) is 7.07. The summed E-state index contributed by atoms with van der Waals surface area (Å²) in [4.78, 5) is 31.8. The van der Waals surface area contributed by atoms with Crippen molar-refractivity contribution in [2.45, 2.75) is 6.92 Å². The minimum atomic E-state index is -0.744.